The Hall–Kier alpha value is -1.49. The molecule has 0 aliphatic heterocycles. The van der Waals surface area contributed by atoms with Crippen LogP contribution in [0.15, 0.2) is 39.5 Å². The number of rotatable bonds is 3. The minimum atomic E-state index is 0.168. The molecule has 2 rings (SSSR count). The molecule has 0 unspecified atom stereocenters. The largest absolute Gasteiger partial charge is 0.508 e. The molecule has 1 heterocycles. The highest BCUT2D eigenvalue weighted by molar-refractivity contribution is 9.10. The lowest BCUT2D eigenvalue weighted by atomic mass is 10.3. The van der Waals surface area contributed by atoms with E-state index in [-0.39, 0.29) is 12.4 Å². The van der Waals surface area contributed by atoms with E-state index in [4.69, 9.17) is 9.15 Å². The van der Waals surface area contributed by atoms with Gasteiger partial charge in [0.1, 0.15) is 22.4 Å². The molecular formula is C10H8BrNO3. The number of hydrogen-bond donors (Lipinski definition) is 1. The molecule has 1 aromatic heterocycles. The monoisotopic (exact) mass is 269 g/mol. The third-order valence-electron chi connectivity index (χ3n) is 1.70. The molecule has 0 saturated carbocycles. The maximum Gasteiger partial charge on any atom is 0.233 e. The molecule has 0 fully saturated rings. The van der Waals surface area contributed by atoms with Crippen LogP contribution in [0.5, 0.6) is 11.5 Å². The molecule has 15 heavy (non-hydrogen) atoms. The van der Waals surface area contributed by atoms with Crippen molar-refractivity contribution in [2.45, 2.75) is 6.61 Å². The molecule has 0 atom stereocenters. The summed E-state index contributed by atoms with van der Waals surface area (Å²) in [5.74, 6) is 1.22. The molecule has 78 valence electrons. The van der Waals surface area contributed by atoms with Gasteiger partial charge in [-0.3, -0.25) is 0 Å². The lowest BCUT2D eigenvalue weighted by Crippen LogP contribution is -1.95. The van der Waals surface area contributed by atoms with Crippen LogP contribution in [-0.4, -0.2) is 10.1 Å². The standard InChI is InChI=1S/C10H8BrNO3/c11-9-5-15-10(12-9)6-14-8-3-1-2-7(13)4-8/h1-5,13H,6H2. The van der Waals surface area contributed by atoms with Gasteiger partial charge < -0.3 is 14.3 Å². The maximum atomic E-state index is 9.19. The van der Waals surface area contributed by atoms with Gasteiger partial charge in [0.15, 0.2) is 6.61 Å². The molecule has 0 amide bonds. The summed E-state index contributed by atoms with van der Waals surface area (Å²) in [6.45, 7) is 0.231. The van der Waals surface area contributed by atoms with Crippen molar-refractivity contribution < 1.29 is 14.3 Å². The second-order valence-electron chi connectivity index (χ2n) is 2.85. The van der Waals surface area contributed by atoms with Gasteiger partial charge in [-0.1, -0.05) is 6.07 Å². The van der Waals surface area contributed by atoms with Crippen molar-refractivity contribution in [3.63, 3.8) is 0 Å². The highest BCUT2D eigenvalue weighted by atomic mass is 79.9. The van der Waals surface area contributed by atoms with E-state index in [1.807, 2.05) is 0 Å². The van der Waals surface area contributed by atoms with E-state index in [1.165, 1.54) is 12.3 Å². The second-order valence-corrected chi connectivity index (χ2v) is 3.66. The zero-order chi connectivity index (χ0) is 10.7. The van der Waals surface area contributed by atoms with Crippen LogP contribution in [0.4, 0.5) is 0 Å². The van der Waals surface area contributed by atoms with Crippen molar-refractivity contribution in [3.8, 4) is 11.5 Å². The quantitative estimate of drug-likeness (QED) is 0.931. The van der Waals surface area contributed by atoms with Crippen molar-refractivity contribution >= 4 is 15.9 Å². The maximum absolute atomic E-state index is 9.19. The van der Waals surface area contributed by atoms with Crippen LogP contribution in [0.2, 0.25) is 0 Å². The number of phenols is 1. The molecular weight excluding hydrogens is 262 g/mol. The van der Waals surface area contributed by atoms with Crippen LogP contribution in [-0.2, 0) is 6.61 Å². The summed E-state index contributed by atoms with van der Waals surface area (Å²) in [6.07, 6.45) is 1.49. The van der Waals surface area contributed by atoms with E-state index < -0.39 is 0 Å². The number of phenolic OH excluding ortho intramolecular Hbond substituents is 1. The first kappa shape index (κ1) is 10.0. The van der Waals surface area contributed by atoms with Gasteiger partial charge in [-0.15, -0.1) is 0 Å². The molecule has 1 N–H and O–H groups in total. The summed E-state index contributed by atoms with van der Waals surface area (Å²) in [7, 11) is 0. The van der Waals surface area contributed by atoms with Gasteiger partial charge in [-0.25, -0.2) is 4.98 Å². The second kappa shape index (κ2) is 4.35. The van der Waals surface area contributed by atoms with E-state index in [0.717, 1.165) is 0 Å². The first-order valence-electron chi connectivity index (χ1n) is 4.26. The molecule has 0 bridgehead atoms. The number of halogens is 1. The zero-order valence-electron chi connectivity index (χ0n) is 7.68. The van der Waals surface area contributed by atoms with E-state index in [1.54, 1.807) is 18.2 Å². The molecule has 0 radical (unpaired) electrons. The Morgan fingerprint density at radius 3 is 3.00 bits per heavy atom. The summed E-state index contributed by atoms with van der Waals surface area (Å²) in [5, 5.41) is 9.19. The highest BCUT2D eigenvalue weighted by Crippen LogP contribution is 2.19. The number of benzene rings is 1. The Morgan fingerprint density at radius 1 is 1.47 bits per heavy atom. The van der Waals surface area contributed by atoms with Crippen molar-refractivity contribution in [2.24, 2.45) is 0 Å². The molecule has 0 aliphatic carbocycles. The minimum Gasteiger partial charge on any atom is -0.508 e. The van der Waals surface area contributed by atoms with Crippen molar-refractivity contribution in [1.82, 2.24) is 4.98 Å². The van der Waals surface area contributed by atoms with E-state index in [9.17, 15) is 5.11 Å². The van der Waals surface area contributed by atoms with Crippen LogP contribution < -0.4 is 4.74 Å². The summed E-state index contributed by atoms with van der Waals surface area (Å²) in [5.41, 5.74) is 0. The fourth-order valence-electron chi connectivity index (χ4n) is 1.07. The molecule has 1 aromatic carbocycles. The SMILES string of the molecule is Oc1cccc(OCc2nc(Br)co2)c1. The lowest BCUT2D eigenvalue weighted by molar-refractivity contribution is 0.262. The van der Waals surface area contributed by atoms with Gasteiger partial charge in [-0.2, -0.15) is 0 Å². The van der Waals surface area contributed by atoms with Gasteiger partial charge in [-0.05, 0) is 28.1 Å². The van der Waals surface area contributed by atoms with Crippen LogP contribution >= 0.6 is 15.9 Å². The molecule has 0 saturated heterocycles. The normalized spacial score (nSPS) is 10.2. The predicted molar refractivity (Wildman–Crippen MR) is 56.6 cm³/mol. The molecule has 0 aliphatic rings. The first-order valence-corrected chi connectivity index (χ1v) is 5.05. The number of oxazole rings is 1. The summed E-state index contributed by atoms with van der Waals surface area (Å²) in [6, 6.07) is 6.56. The Labute approximate surface area is 94.6 Å². The molecule has 0 spiro atoms. The van der Waals surface area contributed by atoms with Crippen LogP contribution in [0, 0.1) is 0 Å². The average Bonchev–Trinajstić information content (AvgIpc) is 2.62. The Morgan fingerprint density at radius 2 is 2.33 bits per heavy atom. The third-order valence-corrected chi connectivity index (χ3v) is 2.07. The number of hydrogen-bond acceptors (Lipinski definition) is 4. The smallest absolute Gasteiger partial charge is 0.233 e. The average molecular weight is 270 g/mol. The van der Waals surface area contributed by atoms with Gasteiger partial charge in [0, 0.05) is 6.07 Å². The fraction of sp³-hybridized carbons (Fsp3) is 0.100. The highest BCUT2D eigenvalue weighted by Gasteiger charge is 2.02. The third kappa shape index (κ3) is 2.73. The number of ether oxygens (including phenoxy) is 1. The molecule has 4 nitrogen and oxygen atoms in total. The van der Waals surface area contributed by atoms with E-state index in [0.29, 0.717) is 16.2 Å². The lowest BCUT2D eigenvalue weighted by Gasteiger charge is -2.02. The van der Waals surface area contributed by atoms with Crippen molar-refractivity contribution in [3.05, 3.63) is 41.0 Å². The fourth-order valence-corrected chi connectivity index (χ4v) is 1.36. The number of aromatic hydroxyl groups is 1. The molecule has 2 aromatic rings. The van der Waals surface area contributed by atoms with E-state index >= 15 is 0 Å². The van der Waals surface area contributed by atoms with Crippen LogP contribution in [0.3, 0.4) is 0 Å². The van der Waals surface area contributed by atoms with Crippen molar-refractivity contribution in [1.29, 1.82) is 0 Å². The minimum absolute atomic E-state index is 0.168. The Bertz CT molecular complexity index is 455. The Balaban J connectivity index is 1.99. The van der Waals surface area contributed by atoms with Gasteiger partial charge in [0.05, 0.1) is 0 Å². The van der Waals surface area contributed by atoms with Crippen LogP contribution in [0.1, 0.15) is 5.89 Å². The molecule has 5 heteroatoms. The van der Waals surface area contributed by atoms with Crippen molar-refractivity contribution in [2.75, 3.05) is 0 Å². The summed E-state index contributed by atoms with van der Waals surface area (Å²) >= 11 is 3.17. The van der Waals surface area contributed by atoms with Gasteiger partial charge in [0.2, 0.25) is 5.89 Å². The summed E-state index contributed by atoms with van der Waals surface area (Å²) < 4.78 is 11.1. The number of nitrogens with zero attached hydrogens (tertiary/aromatic N) is 1. The first-order chi connectivity index (χ1) is 7.24. The van der Waals surface area contributed by atoms with Gasteiger partial charge in [0.25, 0.3) is 0 Å². The van der Waals surface area contributed by atoms with Gasteiger partial charge >= 0.3 is 0 Å². The topological polar surface area (TPSA) is 55.5 Å². The van der Waals surface area contributed by atoms with E-state index in [2.05, 4.69) is 20.9 Å². The predicted octanol–water partition coefficient (Wildman–Crippen LogP) is 2.72. The summed E-state index contributed by atoms with van der Waals surface area (Å²) in [4.78, 5) is 4.01. The van der Waals surface area contributed by atoms with Crippen LogP contribution in [0.25, 0.3) is 0 Å². The zero-order valence-corrected chi connectivity index (χ0v) is 9.27. The number of aromatic nitrogens is 1. The Kier molecular flexibility index (Phi) is 2.91.